The van der Waals surface area contributed by atoms with E-state index in [4.69, 9.17) is 5.73 Å². The topological polar surface area (TPSA) is 62.5 Å². The first-order valence-electron chi connectivity index (χ1n) is 6.24. The maximum absolute atomic E-state index is 12.3. The first-order valence-corrected chi connectivity index (χ1v) is 7.05. The van der Waals surface area contributed by atoms with Gasteiger partial charge in [-0.1, -0.05) is 30.4 Å². The van der Waals surface area contributed by atoms with E-state index in [9.17, 15) is 4.79 Å². The molecule has 0 aliphatic heterocycles. The summed E-state index contributed by atoms with van der Waals surface area (Å²) in [6, 6.07) is 0. The number of rotatable bonds is 6. The number of aromatic nitrogens is 1. The maximum Gasteiger partial charge on any atom is 0.267 e. The third-order valence-corrected chi connectivity index (χ3v) is 3.75. The lowest BCUT2D eigenvalue weighted by molar-refractivity contribution is 0.0812. The first kappa shape index (κ1) is 15.5. The Kier molecular flexibility index (Phi) is 5.35. The molecule has 0 aliphatic rings. The summed E-state index contributed by atoms with van der Waals surface area (Å²) in [6.07, 6.45) is 1.02. The summed E-state index contributed by atoms with van der Waals surface area (Å²) in [6.45, 7) is 9.21. The Hall–Kier alpha value is -1.56. The predicted molar refractivity (Wildman–Crippen MR) is 81.9 cm³/mol. The lowest BCUT2D eigenvalue weighted by atomic mass is 10.3. The number of hydrogen-bond acceptors (Lipinski definition) is 5. The Morgan fingerprint density at radius 2 is 2.11 bits per heavy atom. The molecule has 0 saturated heterocycles. The van der Waals surface area contributed by atoms with Gasteiger partial charge in [-0.3, -0.25) is 4.79 Å². The van der Waals surface area contributed by atoms with E-state index >= 15 is 0 Å². The number of amides is 1. The van der Waals surface area contributed by atoms with E-state index in [1.807, 2.05) is 18.9 Å². The van der Waals surface area contributed by atoms with E-state index in [2.05, 4.69) is 18.5 Å². The molecule has 2 N–H and O–H groups in total. The summed E-state index contributed by atoms with van der Waals surface area (Å²) in [5, 5.41) is 0.784. The smallest absolute Gasteiger partial charge is 0.267 e. The minimum Gasteiger partial charge on any atom is -0.382 e. The second-order valence-electron chi connectivity index (χ2n) is 4.75. The fraction of sp³-hybridized carbons (Fsp3) is 0.538. The molecule has 0 bridgehead atoms. The van der Waals surface area contributed by atoms with Crippen molar-refractivity contribution < 1.29 is 4.79 Å². The van der Waals surface area contributed by atoms with Crippen LogP contribution in [0.3, 0.4) is 0 Å². The van der Waals surface area contributed by atoms with Crippen LogP contribution in [0, 0.1) is 0 Å². The summed E-state index contributed by atoms with van der Waals surface area (Å²) < 4.78 is 0. The van der Waals surface area contributed by atoms with Gasteiger partial charge >= 0.3 is 0 Å². The molecule has 0 saturated carbocycles. The summed E-state index contributed by atoms with van der Waals surface area (Å²) >= 11 is 1.34. The maximum atomic E-state index is 12.3. The highest BCUT2D eigenvalue weighted by atomic mass is 32.1. The third kappa shape index (κ3) is 3.96. The van der Waals surface area contributed by atoms with Crippen LogP contribution in [0.5, 0.6) is 0 Å². The van der Waals surface area contributed by atoms with Gasteiger partial charge in [0.15, 0.2) is 5.13 Å². The van der Waals surface area contributed by atoms with Gasteiger partial charge in [-0.25, -0.2) is 4.98 Å². The molecule has 1 aromatic rings. The third-order valence-electron chi connectivity index (χ3n) is 2.58. The largest absolute Gasteiger partial charge is 0.382 e. The average Bonchev–Trinajstić information content (AvgIpc) is 2.70. The van der Waals surface area contributed by atoms with Gasteiger partial charge in [-0.2, -0.15) is 0 Å². The molecule has 6 heteroatoms. The van der Waals surface area contributed by atoms with Crippen molar-refractivity contribution in [1.29, 1.82) is 0 Å². The zero-order chi connectivity index (χ0) is 14.6. The van der Waals surface area contributed by atoms with Crippen LogP contribution in [0.15, 0.2) is 12.2 Å². The monoisotopic (exact) mass is 282 g/mol. The molecule has 0 unspecified atom stereocenters. The van der Waals surface area contributed by atoms with Gasteiger partial charge in [0.2, 0.25) is 0 Å². The molecule has 1 aromatic heterocycles. The first-order chi connectivity index (χ1) is 8.86. The molecular formula is C13H22N4OS. The number of thiazole rings is 1. The highest BCUT2D eigenvalue weighted by Crippen LogP contribution is 2.28. The fourth-order valence-electron chi connectivity index (χ4n) is 1.72. The normalized spacial score (nSPS) is 10.3. The number of nitrogens with zero attached hydrogens (tertiary/aromatic N) is 3. The molecule has 1 rings (SSSR count). The van der Waals surface area contributed by atoms with E-state index in [0.29, 0.717) is 17.2 Å². The number of carbonyl (C=O) groups excluding carboxylic acids is 1. The van der Waals surface area contributed by atoms with Crippen molar-refractivity contribution in [3.63, 3.8) is 0 Å². The van der Waals surface area contributed by atoms with E-state index < -0.39 is 0 Å². The Morgan fingerprint density at radius 3 is 2.63 bits per heavy atom. The number of carbonyl (C=O) groups is 1. The van der Waals surface area contributed by atoms with Crippen LogP contribution in [-0.2, 0) is 0 Å². The van der Waals surface area contributed by atoms with E-state index in [-0.39, 0.29) is 5.91 Å². The quantitative estimate of drug-likeness (QED) is 0.813. The van der Waals surface area contributed by atoms with E-state index in [1.54, 1.807) is 11.9 Å². The van der Waals surface area contributed by atoms with Crippen molar-refractivity contribution in [1.82, 2.24) is 9.88 Å². The second-order valence-corrected chi connectivity index (χ2v) is 5.73. The van der Waals surface area contributed by atoms with Crippen molar-refractivity contribution in [2.24, 2.45) is 0 Å². The van der Waals surface area contributed by atoms with Crippen molar-refractivity contribution in [3.05, 3.63) is 17.0 Å². The fourth-order valence-corrected chi connectivity index (χ4v) is 2.68. The molecule has 19 heavy (non-hydrogen) atoms. The molecule has 1 amide bonds. The molecule has 0 aromatic carbocycles. The van der Waals surface area contributed by atoms with Gasteiger partial charge < -0.3 is 15.5 Å². The van der Waals surface area contributed by atoms with Crippen LogP contribution in [0.25, 0.3) is 0 Å². The number of anilines is 2. The highest BCUT2D eigenvalue weighted by molar-refractivity contribution is 7.18. The van der Waals surface area contributed by atoms with Gasteiger partial charge in [0.1, 0.15) is 10.7 Å². The molecule has 1 heterocycles. The van der Waals surface area contributed by atoms with E-state index in [1.165, 1.54) is 11.3 Å². The summed E-state index contributed by atoms with van der Waals surface area (Å²) in [5.74, 6) is 0.204. The van der Waals surface area contributed by atoms with Gasteiger partial charge in [-0.15, -0.1) is 0 Å². The zero-order valence-corrected chi connectivity index (χ0v) is 12.9. The van der Waals surface area contributed by atoms with Gasteiger partial charge in [0, 0.05) is 27.2 Å². The Balaban J connectivity index is 2.89. The number of nitrogen functional groups attached to an aromatic ring is 1. The lowest BCUT2D eigenvalue weighted by Gasteiger charge is -2.16. The number of hydrogen-bond donors (Lipinski definition) is 1. The molecule has 0 fully saturated rings. The Morgan fingerprint density at radius 1 is 1.47 bits per heavy atom. The Labute approximate surface area is 118 Å². The summed E-state index contributed by atoms with van der Waals surface area (Å²) in [7, 11) is 3.69. The van der Waals surface area contributed by atoms with E-state index in [0.717, 1.165) is 23.7 Å². The van der Waals surface area contributed by atoms with Crippen molar-refractivity contribution in [3.8, 4) is 0 Å². The van der Waals surface area contributed by atoms with Crippen LogP contribution in [-0.4, -0.2) is 43.0 Å². The van der Waals surface area contributed by atoms with Gasteiger partial charge in [0.05, 0.1) is 0 Å². The SMILES string of the molecule is C=C(C)CN(C)C(=O)c1sc(N(C)CCC)nc1N. The van der Waals surface area contributed by atoms with Gasteiger partial charge in [-0.05, 0) is 13.3 Å². The van der Waals surface area contributed by atoms with Crippen LogP contribution >= 0.6 is 11.3 Å². The van der Waals surface area contributed by atoms with Crippen molar-refractivity contribution >= 4 is 28.2 Å². The second kappa shape index (κ2) is 6.56. The predicted octanol–water partition coefficient (Wildman–Crippen LogP) is 2.22. The minimum absolute atomic E-state index is 0.103. The molecule has 0 spiro atoms. The van der Waals surface area contributed by atoms with Crippen LogP contribution < -0.4 is 10.6 Å². The molecule has 106 valence electrons. The molecule has 0 radical (unpaired) electrons. The molecule has 5 nitrogen and oxygen atoms in total. The average molecular weight is 282 g/mol. The molecular weight excluding hydrogens is 260 g/mol. The van der Waals surface area contributed by atoms with Crippen LogP contribution in [0.2, 0.25) is 0 Å². The van der Waals surface area contributed by atoms with Crippen molar-refractivity contribution in [2.75, 3.05) is 37.8 Å². The minimum atomic E-state index is -0.103. The Bertz CT molecular complexity index is 469. The van der Waals surface area contributed by atoms with Crippen molar-refractivity contribution in [2.45, 2.75) is 20.3 Å². The number of likely N-dealkylation sites (N-methyl/N-ethyl adjacent to an activating group) is 1. The summed E-state index contributed by atoms with van der Waals surface area (Å²) in [4.78, 5) is 20.6. The summed E-state index contributed by atoms with van der Waals surface area (Å²) in [5.41, 5.74) is 6.78. The molecule has 0 atom stereocenters. The van der Waals surface area contributed by atoms with Crippen LogP contribution in [0.1, 0.15) is 29.9 Å². The standard InChI is InChI=1S/C13H22N4OS/c1-6-7-16(4)13-15-11(14)10(19-13)12(18)17(5)8-9(2)3/h2,6-8,14H2,1,3-5H3. The molecule has 0 aliphatic carbocycles. The lowest BCUT2D eigenvalue weighted by Crippen LogP contribution is -2.28. The van der Waals surface area contributed by atoms with Crippen LogP contribution in [0.4, 0.5) is 10.9 Å². The zero-order valence-electron chi connectivity index (χ0n) is 12.1. The van der Waals surface area contributed by atoms with Gasteiger partial charge in [0.25, 0.3) is 5.91 Å². The highest BCUT2D eigenvalue weighted by Gasteiger charge is 2.20. The number of nitrogens with two attached hydrogens (primary N) is 1.